The lowest BCUT2D eigenvalue weighted by molar-refractivity contribution is -0.137. The molecule has 0 bridgehead atoms. The molecule has 7 heteroatoms. The number of alkyl halides is 3. The summed E-state index contributed by atoms with van der Waals surface area (Å²) in [6.07, 6.45) is -4.45. The van der Waals surface area contributed by atoms with Crippen LogP contribution in [-0.4, -0.2) is 13.0 Å². The van der Waals surface area contributed by atoms with Crippen molar-refractivity contribution in [1.82, 2.24) is 0 Å². The monoisotopic (exact) mass is 389 g/mol. The van der Waals surface area contributed by atoms with Gasteiger partial charge in [-0.1, -0.05) is 12.1 Å². The molecule has 0 fully saturated rings. The number of hydrogen-bond donors (Lipinski definition) is 1. The van der Waals surface area contributed by atoms with Gasteiger partial charge in [-0.05, 0) is 60.2 Å². The highest BCUT2D eigenvalue weighted by Gasteiger charge is 2.30. The van der Waals surface area contributed by atoms with Gasteiger partial charge >= 0.3 is 6.18 Å². The minimum atomic E-state index is -4.45. The van der Waals surface area contributed by atoms with Crippen LogP contribution < -0.4 is 10.1 Å². The van der Waals surface area contributed by atoms with Gasteiger partial charge in [-0.25, -0.2) is 4.39 Å². The molecule has 3 aromatic carbocycles. The smallest absolute Gasteiger partial charge is 0.416 e. The fraction of sp³-hybridized carbons (Fsp3) is 0.0952. The summed E-state index contributed by atoms with van der Waals surface area (Å²) in [6, 6.07) is 14.6. The number of carbonyl (C=O) groups is 1. The van der Waals surface area contributed by atoms with E-state index in [1.807, 2.05) is 0 Å². The Labute approximate surface area is 158 Å². The molecule has 0 aliphatic rings. The van der Waals surface area contributed by atoms with E-state index in [4.69, 9.17) is 4.74 Å². The van der Waals surface area contributed by atoms with E-state index in [0.29, 0.717) is 16.9 Å². The van der Waals surface area contributed by atoms with Crippen LogP contribution >= 0.6 is 0 Å². The third-order valence-corrected chi connectivity index (χ3v) is 4.07. The van der Waals surface area contributed by atoms with Gasteiger partial charge in [0.25, 0.3) is 5.91 Å². The first-order chi connectivity index (χ1) is 13.3. The van der Waals surface area contributed by atoms with Crippen LogP contribution in [0.3, 0.4) is 0 Å². The topological polar surface area (TPSA) is 38.3 Å². The molecule has 0 aliphatic heterocycles. The van der Waals surface area contributed by atoms with Gasteiger partial charge in [0.1, 0.15) is 11.6 Å². The van der Waals surface area contributed by atoms with E-state index in [-0.39, 0.29) is 11.3 Å². The lowest BCUT2D eigenvalue weighted by Crippen LogP contribution is -2.12. The highest BCUT2D eigenvalue weighted by molar-refractivity contribution is 6.05. The molecule has 0 unspecified atom stereocenters. The number of hydrogen-bond acceptors (Lipinski definition) is 2. The Balaban J connectivity index is 1.87. The molecule has 3 rings (SSSR count). The molecular formula is C21H15F4NO2. The lowest BCUT2D eigenvalue weighted by Gasteiger charge is -2.12. The molecule has 0 spiro atoms. The second-order valence-electron chi connectivity index (χ2n) is 5.95. The number of nitrogens with one attached hydrogen (secondary N) is 1. The van der Waals surface area contributed by atoms with Crippen LogP contribution in [0.5, 0.6) is 5.75 Å². The zero-order chi connectivity index (χ0) is 20.3. The van der Waals surface area contributed by atoms with Gasteiger partial charge in [0.2, 0.25) is 0 Å². The van der Waals surface area contributed by atoms with Gasteiger partial charge in [-0.2, -0.15) is 13.2 Å². The Morgan fingerprint density at radius 2 is 1.68 bits per heavy atom. The predicted octanol–water partition coefficient (Wildman–Crippen LogP) is 5.77. The number of rotatable bonds is 4. The first-order valence-electron chi connectivity index (χ1n) is 8.20. The van der Waals surface area contributed by atoms with Gasteiger partial charge in [-0.15, -0.1) is 0 Å². The fourth-order valence-corrected chi connectivity index (χ4v) is 2.68. The number of methoxy groups -OCH3 is 1. The molecule has 144 valence electrons. The molecule has 1 amide bonds. The number of benzene rings is 3. The SMILES string of the molecule is COc1ccc(C(=O)Nc2ccc(C(F)(F)F)cc2)cc1-c1cccc(F)c1. The van der Waals surface area contributed by atoms with Crippen LogP contribution in [0.4, 0.5) is 23.2 Å². The van der Waals surface area contributed by atoms with Crippen molar-refractivity contribution in [1.29, 1.82) is 0 Å². The highest BCUT2D eigenvalue weighted by atomic mass is 19.4. The summed E-state index contributed by atoms with van der Waals surface area (Å²) < 4.78 is 56.7. The first kappa shape index (κ1) is 19.4. The number of carbonyl (C=O) groups excluding carboxylic acids is 1. The zero-order valence-corrected chi connectivity index (χ0v) is 14.7. The molecule has 3 nitrogen and oxygen atoms in total. The van der Waals surface area contributed by atoms with Gasteiger partial charge in [0.05, 0.1) is 12.7 Å². The molecule has 0 atom stereocenters. The second-order valence-corrected chi connectivity index (χ2v) is 5.95. The summed E-state index contributed by atoms with van der Waals surface area (Å²) >= 11 is 0. The molecule has 0 heterocycles. The maximum absolute atomic E-state index is 13.6. The minimum absolute atomic E-state index is 0.223. The Hall–Kier alpha value is -3.35. The fourth-order valence-electron chi connectivity index (χ4n) is 2.68. The van der Waals surface area contributed by atoms with Crippen LogP contribution in [0.1, 0.15) is 15.9 Å². The van der Waals surface area contributed by atoms with Gasteiger partial charge in [-0.3, -0.25) is 4.79 Å². The van der Waals surface area contributed by atoms with E-state index in [1.165, 1.54) is 43.5 Å². The van der Waals surface area contributed by atoms with Crippen LogP contribution in [-0.2, 0) is 6.18 Å². The van der Waals surface area contributed by atoms with Crippen LogP contribution in [0.15, 0.2) is 66.7 Å². The van der Waals surface area contributed by atoms with E-state index >= 15 is 0 Å². The lowest BCUT2D eigenvalue weighted by atomic mass is 10.0. The average molecular weight is 389 g/mol. The molecule has 1 N–H and O–H groups in total. The standard InChI is InChI=1S/C21H15F4NO2/c1-28-19-10-5-14(12-18(19)13-3-2-4-16(22)11-13)20(27)26-17-8-6-15(7-9-17)21(23,24)25/h2-12H,1H3,(H,26,27). The van der Waals surface area contributed by atoms with E-state index in [9.17, 15) is 22.4 Å². The molecular weight excluding hydrogens is 374 g/mol. The second kappa shape index (κ2) is 7.72. The molecule has 0 radical (unpaired) electrons. The molecule has 0 saturated heterocycles. The number of amides is 1. The third-order valence-electron chi connectivity index (χ3n) is 4.07. The Bertz CT molecular complexity index is 998. The van der Waals surface area contributed by atoms with E-state index in [0.717, 1.165) is 12.1 Å². The highest BCUT2D eigenvalue weighted by Crippen LogP contribution is 2.32. The van der Waals surface area contributed by atoms with Crippen LogP contribution in [0.2, 0.25) is 0 Å². The minimum Gasteiger partial charge on any atom is -0.496 e. The van der Waals surface area contributed by atoms with Crippen LogP contribution in [0, 0.1) is 5.82 Å². The number of ether oxygens (including phenoxy) is 1. The molecule has 28 heavy (non-hydrogen) atoms. The van der Waals surface area contributed by atoms with E-state index in [1.54, 1.807) is 18.2 Å². The first-order valence-corrected chi connectivity index (χ1v) is 8.20. The van der Waals surface area contributed by atoms with Crippen molar-refractivity contribution in [3.8, 4) is 16.9 Å². The summed E-state index contributed by atoms with van der Waals surface area (Å²) in [5.74, 6) is -0.490. The predicted molar refractivity (Wildman–Crippen MR) is 97.8 cm³/mol. The Kier molecular flexibility index (Phi) is 5.35. The maximum Gasteiger partial charge on any atom is 0.416 e. The molecule has 0 aromatic heterocycles. The van der Waals surface area contributed by atoms with Crippen molar-refractivity contribution in [3.05, 3.63) is 83.7 Å². The van der Waals surface area contributed by atoms with Crippen molar-refractivity contribution < 1.29 is 27.1 Å². The average Bonchev–Trinajstić information content (AvgIpc) is 2.67. The summed E-state index contributed by atoms with van der Waals surface area (Å²) in [7, 11) is 1.46. The molecule has 0 aliphatic carbocycles. The number of anilines is 1. The van der Waals surface area contributed by atoms with Gasteiger partial charge in [0.15, 0.2) is 0 Å². The van der Waals surface area contributed by atoms with Gasteiger partial charge in [0, 0.05) is 16.8 Å². The molecule has 0 saturated carbocycles. The normalized spacial score (nSPS) is 11.2. The Morgan fingerprint density at radius 3 is 2.29 bits per heavy atom. The summed E-state index contributed by atoms with van der Waals surface area (Å²) in [5.41, 5.74) is 0.715. The zero-order valence-electron chi connectivity index (χ0n) is 14.7. The molecule has 3 aromatic rings. The van der Waals surface area contributed by atoms with Crippen molar-refractivity contribution in [3.63, 3.8) is 0 Å². The third kappa shape index (κ3) is 4.31. The Morgan fingerprint density at radius 1 is 0.964 bits per heavy atom. The van der Waals surface area contributed by atoms with Crippen molar-refractivity contribution >= 4 is 11.6 Å². The number of halogens is 4. The maximum atomic E-state index is 13.6. The largest absolute Gasteiger partial charge is 0.496 e. The van der Waals surface area contributed by atoms with E-state index < -0.39 is 23.5 Å². The van der Waals surface area contributed by atoms with Crippen molar-refractivity contribution in [2.45, 2.75) is 6.18 Å². The quantitative estimate of drug-likeness (QED) is 0.575. The van der Waals surface area contributed by atoms with Crippen molar-refractivity contribution in [2.24, 2.45) is 0 Å². The van der Waals surface area contributed by atoms with Crippen molar-refractivity contribution in [2.75, 3.05) is 12.4 Å². The van der Waals surface area contributed by atoms with E-state index in [2.05, 4.69) is 5.32 Å². The summed E-state index contributed by atoms with van der Waals surface area (Å²) in [6.45, 7) is 0. The summed E-state index contributed by atoms with van der Waals surface area (Å²) in [4.78, 5) is 12.5. The van der Waals surface area contributed by atoms with Gasteiger partial charge < -0.3 is 10.1 Å². The van der Waals surface area contributed by atoms with Crippen LogP contribution in [0.25, 0.3) is 11.1 Å². The summed E-state index contributed by atoms with van der Waals surface area (Å²) in [5, 5.41) is 2.54.